The van der Waals surface area contributed by atoms with E-state index in [-0.39, 0.29) is 5.56 Å². The molecule has 2 N–H and O–H groups in total. The van der Waals surface area contributed by atoms with Gasteiger partial charge >= 0.3 is 5.97 Å². The van der Waals surface area contributed by atoms with Crippen LogP contribution in [0.5, 0.6) is 0 Å². The van der Waals surface area contributed by atoms with Crippen LogP contribution in [0.2, 0.25) is 0 Å². The van der Waals surface area contributed by atoms with Crippen molar-refractivity contribution in [3.8, 4) is 0 Å². The van der Waals surface area contributed by atoms with Gasteiger partial charge in [0.15, 0.2) is 0 Å². The highest BCUT2D eigenvalue weighted by Crippen LogP contribution is 2.17. The molecule has 1 aromatic rings. The average molecular weight is 262 g/mol. The van der Waals surface area contributed by atoms with E-state index in [1.165, 1.54) is 51.1 Å². The molecule has 0 saturated heterocycles. The van der Waals surface area contributed by atoms with E-state index in [1.54, 1.807) is 12.1 Å². The molecule has 1 aromatic heterocycles. The fourth-order valence-corrected chi connectivity index (χ4v) is 2.56. The first kappa shape index (κ1) is 14.0. The minimum atomic E-state index is -0.924. The minimum Gasteiger partial charge on any atom is -0.478 e. The van der Waals surface area contributed by atoms with Crippen molar-refractivity contribution < 1.29 is 9.90 Å². The number of aromatic nitrogens is 1. The second kappa shape index (κ2) is 7.24. The molecule has 1 aliphatic carbocycles. The van der Waals surface area contributed by atoms with Crippen LogP contribution in [-0.4, -0.2) is 22.1 Å². The maximum Gasteiger partial charge on any atom is 0.337 e. The van der Waals surface area contributed by atoms with Crippen molar-refractivity contribution in [2.24, 2.45) is 0 Å². The largest absolute Gasteiger partial charge is 0.478 e. The lowest BCUT2D eigenvalue weighted by Gasteiger charge is -2.20. The number of hydrogen-bond donors (Lipinski definition) is 2. The number of nitrogens with one attached hydrogen (secondary N) is 1. The number of pyridine rings is 1. The van der Waals surface area contributed by atoms with Gasteiger partial charge in [0.05, 0.1) is 11.3 Å². The molecule has 0 aromatic carbocycles. The van der Waals surface area contributed by atoms with E-state index in [2.05, 4.69) is 10.3 Å². The Morgan fingerprint density at radius 1 is 1.21 bits per heavy atom. The summed E-state index contributed by atoms with van der Waals surface area (Å²) in [6, 6.07) is 3.99. The monoisotopic (exact) mass is 262 g/mol. The van der Waals surface area contributed by atoms with E-state index in [0.717, 1.165) is 12.2 Å². The predicted octanol–water partition coefficient (Wildman–Crippen LogP) is 2.98. The Hall–Kier alpha value is -1.42. The van der Waals surface area contributed by atoms with Crippen LogP contribution in [-0.2, 0) is 6.54 Å². The lowest BCUT2D eigenvalue weighted by Crippen LogP contribution is -2.29. The number of aromatic carboxylic acids is 1. The van der Waals surface area contributed by atoms with Gasteiger partial charge in [-0.25, -0.2) is 4.79 Å². The molecule has 0 atom stereocenters. The van der Waals surface area contributed by atoms with Crippen LogP contribution in [0.1, 0.15) is 61.0 Å². The van der Waals surface area contributed by atoms with Crippen molar-refractivity contribution in [3.63, 3.8) is 0 Å². The van der Waals surface area contributed by atoms with Gasteiger partial charge in [-0.2, -0.15) is 0 Å². The highest BCUT2D eigenvalue weighted by molar-refractivity contribution is 5.87. The Kier molecular flexibility index (Phi) is 5.33. The van der Waals surface area contributed by atoms with Gasteiger partial charge < -0.3 is 10.4 Å². The summed E-state index contributed by atoms with van der Waals surface area (Å²) in [5, 5.41) is 12.4. The summed E-state index contributed by atoms with van der Waals surface area (Å²) in [5.74, 6) is -0.924. The molecule has 1 heterocycles. The van der Waals surface area contributed by atoms with Crippen molar-refractivity contribution >= 4 is 5.97 Å². The number of hydrogen-bond acceptors (Lipinski definition) is 3. The summed E-state index contributed by atoms with van der Waals surface area (Å²) in [5.41, 5.74) is 1.15. The van der Waals surface area contributed by atoms with Gasteiger partial charge in [-0.3, -0.25) is 4.98 Å². The zero-order chi connectivity index (χ0) is 13.5. The molecule has 0 bridgehead atoms. The number of rotatable bonds is 4. The van der Waals surface area contributed by atoms with Gasteiger partial charge in [0, 0.05) is 18.8 Å². The van der Waals surface area contributed by atoms with E-state index < -0.39 is 5.97 Å². The Morgan fingerprint density at radius 2 is 1.89 bits per heavy atom. The molecule has 2 rings (SSSR count). The van der Waals surface area contributed by atoms with Crippen LogP contribution in [0.4, 0.5) is 0 Å². The first-order valence-corrected chi connectivity index (χ1v) is 7.17. The Morgan fingerprint density at radius 3 is 2.47 bits per heavy atom. The van der Waals surface area contributed by atoms with E-state index in [4.69, 9.17) is 5.11 Å². The summed E-state index contributed by atoms with van der Waals surface area (Å²) < 4.78 is 0. The molecule has 1 saturated carbocycles. The van der Waals surface area contributed by atoms with Crippen LogP contribution >= 0.6 is 0 Å². The normalized spacial score (nSPS) is 17.7. The lowest BCUT2D eigenvalue weighted by molar-refractivity contribution is 0.0696. The molecule has 1 aliphatic rings. The van der Waals surface area contributed by atoms with Gasteiger partial charge in [0.1, 0.15) is 0 Å². The van der Waals surface area contributed by atoms with E-state index in [1.807, 2.05) is 0 Å². The molecule has 0 aliphatic heterocycles. The first-order chi connectivity index (χ1) is 9.25. The first-order valence-electron chi connectivity index (χ1n) is 7.17. The maximum absolute atomic E-state index is 10.7. The third-order valence-corrected chi connectivity index (χ3v) is 3.75. The highest BCUT2D eigenvalue weighted by atomic mass is 16.4. The minimum absolute atomic E-state index is 0.245. The zero-order valence-corrected chi connectivity index (χ0v) is 11.3. The second-order valence-electron chi connectivity index (χ2n) is 5.27. The summed E-state index contributed by atoms with van der Waals surface area (Å²) >= 11 is 0. The van der Waals surface area contributed by atoms with Crippen molar-refractivity contribution in [1.29, 1.82) is 0 Å². The number of nitrogens with zero attached hydrogens (tertiary/aromatic N) is 1. The van der Waals surface area contributed by atoms with Crippen LogP contribution < -0.4 is 5.32 Å². The third-order valence-electron chi connectivity index (χ3n) is 3.75. The molecule has 1 fully saturated rings. The standard InChI is InChI=1S/C15H22N2O2/c18-15(19)12-8-9-14(16-10-12)11-17-13-6-4-2-1-3-5-7-13/h8-10,13,17H,1-7,11H2,(H,18,19). The highest BCUT2D eigenvalue weighted by Gasteiger charge is 2.11. The summed E-state index contributed by atoms with van der Waals surface area (Å²) in [4.78, 5) is 14.9. The van der Waals surface area contributed by atoms with Crippen molar-refractivity contribution in [1.82, 2.24) is 10.3 Å². The summed E-state index contributed by atoms with van der Waals surface area (Å²) in [6.07, 6.45) is 10.6. The molecule has 0 radical (unpaired) electrons. The van der Waals surface area contributed by atoms with Gasteiger partial charge in [-0.1, -0.05) is 32.1 Å². The molecular weight excluding hydrogens is 240 g/mol. The molecule has 19 heavy (non-hydrogen) atoms. The molecular formula is C15H22N2O2. The molecule has 0 spiro atoms. The van der Waals surface area contributed by atoms with Gasteiger partial charge in [0.25, 0.3) is 0 Å². The average Bonchev–Trinajstić information content (AvgIpc) is 2.38. The van der Waals surface area contributed by atoms with Crippen molar-refractivity contribution in [2.75, 3.05) is 0 Å². The Labute approximate surface area is 114 Å². The fraction of sp³-hybridized carbons (Fsp3) is 0.600. The zero-order valence-electron chi connectivity index (χ0n) is 11.3. The third kappa shape index (κ3) is 4.63. The lowest BCUT2D eigenvalue weighted by atomic mass is 9.97. The van der Waals surface area contributed by atoms with Gasteiger partial charge in [-0.15, -0.1) is 0 Å². The maximum atomic E-state index is 10.7. The summed E-state index contributed by atoms with van der Waals surface area (Å²) in [7, 11) is 0. The number of carbonyl (C=O) groups is 1. The Balaban J connectivity index is 1.81. The fourth-order valence-electron chi connectivity index (χ4n) is 2.56. The van der Waals surface area contributed by atoms with Crippen LogP contribution in [0.25, 0.3) is 0 Å². The summed E-state index contributed by atoms with van der Waals surface area (Å²) in [6.45, 7) is 0.727. The molecule has 4 heteroatoms. The van der Waals surface area contributed by atoms with Gasteiger partial charge in [-0.05, 0) is 25.0 Å². The topological polar surface area (TPSA) is 62.2 Å². The second-order valence-corrected chi connectivity index (χ2v) is 5.27. The SMILES string of the molecule is O=C(O)c1ccc(CNC2CCCCCCC2)nc1. The van der Waals surface area contributed by atoms with E-state index in [0.29, 0.717) is 6.04 Å². The van der Waals surface area contributed by atoms with Crippen LogP contribution in [0.15, 0.2) is 18.3 Å². The molecule has 104 valence electrons. The van der Waals surface area contributed by atoms with Gasteiger partial charge in [0.2, 0.25) is 0 Å². The molecule has 4 nitrogen and oxygen atoms in total. The van der Waals surface area contributed by atoms with E-state index in [9.17, 15) is 4.79 Å². The molecule has 0 unspecified atom stereocenters. The quantitative estimate of drug-likeness (QED) is 0.875. The van der Waals surface area contributed by atoms with Crippen molar-refractivity contribution in [3.05, 3.63) is 29.6 Å². The van der Waals surface area contributed by atoms with Crippen LogP contribution in [0, 0.1) is 0 Å². The van der Waals surface area contributed by atoms with Crippen molar-refractivity contribution in [2.45, 2.75) is 57.5 Å². The van der Waals surface area contributed by atoms with E-state index >= 15 is 0 Å². The predicted molar refractivity (Wildman–Crippen MR) is 74.1 cm³/mol. The smallest absolute Gasteiger partial charge is 0.337 e. The van der Waals surface area contributed by atoms with Crippen LogP contribution in [0.3, 0.4) is 0 Å². The molecule has 0 amide bonds. The number of carboxylic acids is 1. The Bertz CT molecular complexity index is 395. The number of carboxylic acid groups (broad SMARTS) is 1.